The van der Waals surface area contributed by atoms with Gasteiger partial charge in [0.05, 0.1) is 19.3 Å². The maximum atomic E-state index is 13.2. The zero-order valence-electron chi connectivity index (χ0n) is 20.6. The molecule has 0 aromatic heterocycles. The fourth-order valence-corrected chi connectivity index (χ4v) is 6.11. The summed E-state index contributed by atoms with van der Waals surface area (Å²) in [5.74, 6) is -3.32. The predicted molar refractivity (Wildman–Crippen MR) is 134 cm³/mol. The van der Waals surface area contributed by atoms with Gasteiger partial charge in [-0.25, -0.2) is 0 Å². The van der Waals surface area contributed by atoms with Crippen molar-refractivity contribution in [3.05, 3.63) is 87.0 Å². The number of ketones is 1. The molecule has 2 aromatic rings. The van der Waals surface area contributed by atoms with Crippen LogP contribution in [0.15, 0.2) is 53.6 Å². The lowest BCUT2D eigenvalue weighted by Gasteiger charge is -2.54. The average Bonchev–Trinajstić information content (AvgIpc) is 3.00. The van der Waals surface area contributed by atoms with Crippen LogP contribution >= 0.6 is 0 Å². The van der Waals surface area contributed by atoms with Crippen molar-refractivity contribution >= 4 is 11.5 Å². The lowest BCUT2D eigenvalue weighted by molar-refractivity contribution is -0.182. The van der Waals surface area contributed by atoms with E-state index in [4.69, 9.17) is 0 Å². The number of aliphatic hydroxyl groups excluding tert-OH is 4. The van der Waals surface area contributed by atoms with E-state index >= 15 is 0 Å². The number of aryl methyl sites for hydroxylation is 3. The lowest BCUT2D eigenvalue weighted by Crippen LogP contribution is -2.65. The highest BCUT2D eigenvalue weighted by molar-refractivity contribution is 5.99. The summed E-state index contributed by atoms with van der Waals surface area (Å²) in [6, 6.07) is 11.8. The van der Waals surface area contributed by atoms with E-state index in [2.05, 4.69) is 30.1 Å². The Balaban J connectivity index is 1.70. The van der Waals surface area contributed by atoms with Crippen molar-refractivity contribution in [2.75, 3.05) is 13.2 Å². The van der Waals surface area contributed by atoms with E-state index in [1.807, 2.05) is 30.9 Å². The molecule has 4 bridgehead atoms. The molecule has 4 aliphatic rings. The van der Waals surface area contributed by atoms with Crippen LogP contribution in [0.2, 0.25) is 0 Å². The van der Waals surface area contributed by atoms with Crippen LogP contribution < -0.4 is 0 Å². The Morgan fingerprint density at radius 2 is 1.61 bits per heavy atom. The number of benzene rings is 2. The number of Topliss-reactive ketones (excluding diaryl/α,β-unsaturated/α-hetero) is 1. The van der Waals surface area contributed by atoms with Gasteiger partial charge in [0.25, 0.3) is 0 Å². The molecule has 8 nitrogen and oxygen atoms in total. The number of hydrogen-bond acceptors (Lipinski definition) is 8. The molecule has 0 saturated carbocycles. The molecule has 2 aromatic carbocycles. The standard InChI is InChI=1S/C28H31N3O5/c1-14(2)29-13-31-22-19-10-15(3)4-5-16(19)6-7-17-8-9-18(11-20(17)22)24(32)25(33)21-12-30(31)23(28(29)36)27(35)26(21)34/h4-5,8-11,14,21-22,28,32-33,35-36H,6-7,12-13H2,1-3H3/b25-24-. The molecule has 3 heterocycles. The summed E-state index contributed by atoms with van der Waals surface area (Å²) >= 11 is 0. The molecule has 1 fully saturated rings. The Bertz CT molecular complexity index is 1350. The Morgan fingerprint density at radius 3 is 2.31 bits per heavy atom. The van der Waals surface area contributed by atoms with Crippen LogP contribution in [0, 0.1) is 12.8 Å². The van der Waals surface area contributed by atoms with Gasteiger partial charge < -0.3 is 20.4 Å². The molecule has 8 heteroatoms. The summed E-state index contributed by atoms with van der Waals surface area (Å²) in [6.07, 6.45) is 0.477. The fourth-order valence-electron chi connectivity index (χ4n) is 6.11. The number of carbonyl (C=O) groups excluding carboxylic acids is 1. The molecular formula is C28H31N3O5. The van der Waals surface area contributed by atoms with Gasteiger partial charge >= 0.3 is 0 Å². The summed E-state index contributed by atoms with van der Waals surface area (Å²) in [4.78, 5) is 15.1. The van der Waals surface area contributed by atoms with Crippen molar-refractivity contribution in [1.82, 2.24) is 14.9 Å². The second-order valence-corrected chi connectivity index (χ2v) is 10.5. The van der Waals surface area contributed by atoms with Crippen molar-refractivity contribution in [1.29, 1.82) is 0 Å². The molecule has 3 atom stereocenters. The van der Waals surface area contributed by atoms with Crippen LogP contribution in [0.1, 0.15) is 53.3 Å². The van der Waals surface area contributed by atoms with Crippen molar-refractivity contribution in [3.8, 4) is 0 Å². The molecule has 1 aliphatic carbocycles. The van der Waals surface area contributed by atoms with Crippen LogP contribution in [0.4, 0.5) is 0 Å². The van der Waals surface area contributed by atoms with E-state index in [1.54, 1.807) is 11.1 Å². The van der Waals surface area contributed by atoms with Crippen molar-refractivity contribution in [2.45, 2.75) is 51.9 Å². The largest absolute Gasteiger partial charge is 0.508 e. The number of carbonyl (C=O) groups is 1. The van der Waals surface area contributed by atoms with Crippen LogP contribution in [0.25, 0.3) is 5.76 Å². The molecule has 1 saturated heterocycles. The van der Waals surface area contributed by atoms with Crippen LogP contribution in [-0.4, -0.2) is 66.6 Å². The molecule has 0 amide bonds. The predicted octanol–water partition coefficient (Wildman–Crippen LogP) is 3.47. The minimum absolute atomic E-state index is 0.00558. The Morgan fingerprint density at radius 1 is 0.944 bits per heavy atom. The van der Waals surface area contributed by atoms with E-state index in [-0.39, 0.29) is 30.1 Å². The number of hydrogen-bond donors (Lipinski definition) is 4. The van der Waals surface area contributed by atoms with Gasteiger partial charge in [-0.1, -0.05) is 35.9 Å². The summed E-state index contributed by atoms with van der Waals surface area (Å²) in [5.41, 5.74) is 6.11. The maximum absolute atomic E-state index is 13.2. The molecule has 6 rings (SSSR count). The van der Waals surface area contributed by atoms with Gasteiger partial charge in [-0.3, -0.25) is 14.7 Å². The molecule has 36 heavy (non-hydrogen) atoms. The smallest absolute Gasteiger partial charge is 0.211 e. The van der Waals surface area contributed by atoms with Crippen molar-refractivity contribution in [3.63, 3.8) is 0 Å². The Kier molecular flexibility index (Phi) is 5.19. The SMILES string of the molecule is Cc1ccc2c(c1)C1c3cc(ccc3CC2)/C(O)=C(/O)C2CN3C(=C(O)C2=O)C(O)N(C(C)C)CN13. The van der Waals surface area contributed by atoms with Crippen molar-refractivity contribution < 1.29 is 25.2 Å². The molecule has 3 aliphatic heterocycles. The minimum Gasteiger partial charge on any atom is -0.508 e. The van der Waals surface area contributed by atoms with Gasteiger partial charge in [0, 0.05) is 11.6 Å². The first kappa shape index (κ1) is 23.1. The van der Waals surface area contributed by atoms with E-state index in [0.717, 1.165) is 35.1 Å². The third-order valence-corrected chi connectivity index (χ3v) is 8.11. The summed E-state index contributed by atoms with van der Waals surface area (Å²) in [6.45, 7) is 6.33. The van der Waals surface area contributed by atoms with Gasteiger partial charge in [-0.2, -0.15) is 5.01 Å². The number of aliphatic hydroxyl groups is 4. The summed E-state index contributed by atoms with van der Waals surface area (Å²) < 4.78 is 0. The number of nitrogens with zero attached hydrogens (tertiary/aromatic N) is 3. The van der Waals surface area contributed by atoms with Gasteiger partial charge in [0.15, 0.2) is 17.7 Å². The third kappa shape index (κ3) is 3.21. The van der Waals surface area contributed by atoms with Gasteiger partial charge in [0.1, 0.15) is 17.4 Å². The normalized spacial score (nSPS) is 28.3. The van der Waals surface area contributed by atoms with Crippen LogP contribution in [0.5, 0.6) is 0 Å². The summed E-state index contributed by atoms with van der Waals surface area (Å²) in [5, 5.41) is 48.2. The van der Waals surface area contributed by atoms with Gasteiger partial charge in [0.2, 0.25) is 5.78 Å². The Hall–Kier alpha value is -3.33. The quantitative estimate of drug-likeness (QED) is 0.483. The average molecular weight is 490 g/mol. The van der Waals surface area contributed by atoms with Gasteiger partial charge in [-0.05, 0) is 61.9 Å². The number of fused-ring (bicyclic) bond motifs is 5. The number of allylic oxidation sites excluding steroid dienone is 1. The Labute approximate surface area is 210 Å². The summed E-state index contributed by atoms with van der Waals surface area (Å²) in [7, 11) is 0. The molecule has 0 radical (unpaired) electrons. The molecule has 4 N–H and O–H groups in total. The van der Waals surface area contributed by atoms with E-state index < -0.39 is 29.4 Å². The first-order chi connectivity index (χ1) is 17.2. The minimum atomic E-state index is -1.19. The zero-order valence-corrected chi connectivity index (χ0v) is 20.6. The molecular weight excluding hydrogens is 458 g/mol. The highest BCUT2D eigenvalue weighted by atomic mass is 16.3. The lowest BCUT2D eigenvalue weighted by atomic mass is 9.87. The highest BCUT2D eigenvalue weighted by Crippen LogP contribution is 2.45. The molecule has 188 valence electrons. The third-order valence-electron chi connectivity index (χ3n) is 8.11. The zero-order chi connectivity index (χ0) is 25.5. The monoisotopic (exact) mass is 489 g/mol. The molecule has 3 unspecified atom stereocenters. The van der Waals surface area contributed by atoms with E-state index in [0.29, 0.717) is 12.2 Å². The van der Waals surface area contributed by atoms with Gasteiger partial charge in [-0.15, -0.1) is 0 Å². The topological polar surface area (TPSA) is 108 Å². The van der Waals surface area contributed by atoms with Crippen LogP contribution in [-0.2, 0) is 17.6 Å². The number of hydrazine groups is 1. The maximum Gasteiger partial charge on any atom is 0.211 e. The molecule has 0 spiro atoms. The number of rotatable bonds is 1. The first-order valence-corrected chi connectivity index (χ1v) is 12.5. The van der Waals surface area contributed by atoms with Crippen LogP contribution in [0.3, 0.4) is 0 Å². The second kappa shape index (κ2) is 8.09. The highest BCUT2D eigenvalue weighted by Gasteiger charge is 2.50. The van der Waals surface area contributed by atoms with Crippen molar-refractivity contribution in [2.24, 2.45) is 5.92 Å². The van der Waals surface area contributed by atoms with E-state index in [1.165, 1.54) is 5.56 Å². The first-order valence-electron chi connectivity index (χ1n) is 12.5. The second-order valence-electron chi connectivity index (χ2n) is 10.5. The van der Waals surface area contributed by atoms with E-state index in [9.17, 15) is 25.2 Å². The fraction of sp³-hybridized carbons (Fsp3) is 0.393.